The van der Waals surface area contributed by atoms with Gasteiger partial charge in [0.05, 0.1) is 0 Å². The molecule has 0 unspecified atom stereocenters. The van der Waals surface area contributed by atoms with E-state index in [-0.39, 0.29) is 5.91 Å². The quantitative estimate of drug-likeness (QED) is 0.873. The number of nitrogens with zero attached hydrogens (tertiary/aromatic N) is 3. The van der Waals surface area contributed by atoms with Crippen molar-refractivity contribution in [2.75, 3.05) is 36.4 Å². The molecule has 2 amide bonds. The predicted molar refractivity (Wildman–Crippen MR) is 93.2 cm³/mol. The Bertz CT molecular complexity index is 739. The van der Waals surface area contributed by atoms with E-state index in [2.05, 4.69) is 15.2 Å². The fourth-order valence-electron chi connectivity index (χ4n) is 2.74. The largest absolute Gasteiger partial charge is 0.368 e. The van der Waals surface area contributed by atoms with Gasteiger partial charge in [-0.1, -0.05) is 12.1 Å². The molecule has 24 heavy (non-hydrogen) atoms. The van der Waals surface area contributed by atoms with E-state index in [4.69, 9.17) is 0 Å². The third-order valence-corrected chi connectivity index (χ3v) is 4.08. The molecule has 1 fully saturated rings. The number of benzene rings is 1. The minimum Gasteiger partial charge on any atom is -0.368 e. The van der Waals surface area contributed by atoms with Gasteiger partial charge >= 0.3 is 0 Å². The van der Waals surface area contributed by atoms with Gasteiger partial charge in [-0.15, -0.1) is 0 Å². The van der Waals surface area contributed by atoms with E-state index in [9.17, 15) is 9.59 Å². The number of hydrogen-bond acceptors (Lipinski definition) is 4. The molecule has 0 atom stereocenters. The molecule has 0 bridgehead atoms. The Morgan fingerprint density at radius 2 is 1.96 bits per heavy atom. The van der Waals surface area contributed by atoms with Crippen LogP contribution in [0.25, 0.3) is 0 Å². The third kappa shape index (κ3) is 3.71. The molecule has 0 aliphatic carbocycles. The zero-order chi connectivity index (χ0) is 16.9. The number of carbonyl (C=O) groups excluding carboxylic acids is 2. The van der Waals surface area contributed by atoms with E-state index in [1.165, 1.54) is 0 Å². The molecule has 6 nitrogen and oxygen atoms in total. The number of aryl methyl sites for hydroxylation is 1. The van der Waals surface area contributed by atoms with Crippen molar-refractivity contribution in [1.82, 2.24) is 9.88 Å². The molecule has 2 aromatic rings. The summed E-state index contributed by atoms with van der Waals surface area (Å²) in [4.78, 5) is 31.3. The summed E-state index contributed by atoms with van der Waals surface area (Å²) in [6, 6.07) is 11.3. The smallest absolute Gasteiger partial charge is 0.274 e. The molecule has 6 heteroatoms. The molecular weight excluding hydrogens is 304 g/mol. The second-order valence-electron chi connectivity index (χ2n) is 5.85. The summed E-state index contributed by atoms with van der Waals surface area (Å²) in [7, 11) is 0. The first-order chi connectivity index (χ1) is 11.7. The number of rotatable bonds is 4. The molecule has 1 aromatic carbocycles. The minimum absolute atomic E-state index is 0.228. The maximum absolute atomic E-state index is 12.4. The first-order valence-electron chi connectivity index (χ1n) is 7.94. The molecule has 2 heterocycles. The van der Waals surface area contributed by atoms with Crippen LogP contribution < -0.4 is 10.2 Å². The van der Waals surface area contributed by atoms with Gasteiger partial charge in [-0.2, -0.15) is 0 Å². The lowest BCUT2D eigenvalue weighted by molar-refractivity contribution is -0.118. The molecule has 1 aromatic heterocycles. The van der Waals surface area contributed by atoms with Crippen LogP contribution in [-0.2, 0) is 4.79 Å². The molecule has 1 aliphatic rings. The molecule has 0 saturated carbocycles. The highest BCUT2D eigenvalue weighted by Crippen LogP contribution is 2.18. The van der Waals surface area contributed by atoms with E-state index >= 15 is 0 Å². The van der Waals surface area contributed by atoms with Crippen molar-refractivity contribution in [3.05, 3.63) is 53.9 Å². The van der Waals surface area contributed by atoms with Gasteiger partial charge in [-0.3, -0.25) is 14.6 Å². The van der Waals surface area contributed by atoms with E-state index in [1.54, 1.807) is 17.2 Å². The van der Waals surface area contributed by atoms with Gasteiger partial charge in [0.1, 0.15) is 5.69 Å². The van der Waals surface area contributed by atoms with Gasteiger partial charge in [-0.05, 0) is 36.8 Å². The van der Waals surface area contributed by atoms with Gasteiger partial charge < -0.3 is 15.1 Å². The van der Waals surface area contributed by atoms with Crippen LogP contribution in [0.4, 0.5) is 11.4 Å². The molecular formula is C18H20N4O2. The zero-order valence-electron chi connectivity index (χ0n) is 13.6. The monoisotopic (exact) mass is 324 g/mol. The SMILES string of the molecule is Cc1cccc(NC(=O)c2cc(N3CCN(C=O)CC3)ccn2)c1. The summed E-state index contributed by atoms with van der Waals surface area (Å²) in [5.74, 6) is -0.228. The lowest BCUT2D eigenvalue weighted by atomic mass is 10.2. The van der Waals surface area contributed by atoms with Crippen LogP contribution in [0.1, 0.15) is 16.1 Å². The topological polar surface area (TPSA) is 65.5 Å². The van der Waals surface area contributed by atoms with Crippen LogP contribution in [0.5, 0.6) is 0 Å². The summed E-state index contributed by atoms with van der Waals surface area (Å²) in [6.07, 6.45) is 2.52. The van der Waals surface area contributed by atoms with Crippen LogP contribution in [0.2, 0.25) is 0 Å². The van der Waals surface area contributed by atoms with Crippen LogP contribution >= 0.6 is 0 Å². The summed E-state index contributed by atoms with van der Waals surface area (Å²) in [6.45, 7) is 4.87. The van der Waals surface area contributed by atoms with Crippen molar-refractivity contribution in [1.29, 1.82) is 0 Å². The number of anilines is 2. The van der Waals surface area contributed by atoms with Crippen LogP contribution in [0, 0.1) is 6.92 Å². The fourth-order valence-corrected chi connectivity index (χ4v) is 2.74. The number of hydrogen-bond donors (Lipinski definition) is 1. The van der Waals surface area contributed by atoms with Crippen LogP contribution in [0.3, 0.4) is 0 Å². The number of amides is 2. The highest BCUT2D eigenvalue weighted by atomic mass is 16.2. The normalized spacial score (nSPS) is 14.4. The summed E-state index contributed by atoms with van der Waals surface area (Å²) in [5.41, 5.74) is 3.17. The second-order valence-corrected chi connectivity index (χ2v) is 5.85. The first kappa shape index (κ1) is 16.0. The van der Waals surface area contributed by atoms with Gasteiger partial charge in [0.25, 0.3) is 5.91 Å². The number of pyridine rings is 1. The highest BCUT2D eigenvalue weighted by molar-refractivity contribution is 6.03. The second kappa shape index (κ2) is 7.12. The molecule has 0 spiro atoms. The van der Waals surface area contributed by atoms with E-state index in [0.717, 1.165) is 36.4 Å². The number of aromatic nitrogens is 1. The van der Waals surface area contributed by atoms with E-state index in [1.807, 2.05) is 37.3 Å². The fraction of sp³-hybridized carbons (Fsp3) is 0.278. The van der Waals surface area contributed by atoms with E-state index in [0.29, 0.717) is 18.8 Å². The summed E-state index contributed by atoms with van der Waals surface area (Å²) in [5, 5.41) is 2.87. The van der Waals surface area contributed by atoms with Gasteiger partial charge in [0.15, 0.2) is 0 Å². The minimum atomic E-state index is -0.228. The maximum atomic E-state index is 12.4. The average molecular weight is 324 g/mol. The Kier molecular flexibility index (Phi) is 4.74. The molecule has 124 valence electrons. The third-order valence-electron chi connectivity index (χ3n) is 4.08. The summed E-state index contributed by atoms with van der Waals surface area (Å²) >= 11 is 0. The highest BCUT2D eigenvalue weighted by Gasteiger charge is 2.17. The predicted octanol–water partition coefficient (Wildman–Crippen LogP) is 1.92. The Morgan fingerprint density at radius 1 is 1.17 bits per heavy atom. The maximum Gasteiger partial charge on any atom is 0.274 e. The van der Waals surface area contributed by atoms with Crippen molar-refractivity contribution in [2.24, 2.45) is 0 Å². The Labute approximate surface area is 141 Å². The van der Waals surface area contributed by atoms with Crippen LogP contribution in [0.15, 0.2) is 42.6 Å². The van der Waals surface area contributed by atoms with Gasteiger partial charge in [-0.25, -0.2) is 0 Å². The molecule has 0 radical (unpaired) electrons. The Balaban J connectivity index is 1.70. The molecule has 3 rings (SSSR count). The standard InChI is InChI=1S/C18H20N4O2/c1-14-3-2-4-15(11-14)20-18(24)17-12-16(5-6-19-17)22-9-7-21(13-23)8-10-22/h2-6,11-13H,7-10H2,1H3,(H,20,24). The molecule has 1 aliphatic heterocycles. The summed E-state index contributed by atoms with van der Waals surface area (Å²) < 4.78 is 0. The Hall–Kier alpha value is -2.89. The van der Waals surface area contributed by atoms with Crippen molar-refractivity contribution in [3.63, 3.8) is 0 Å². The number of piperazine rings is 1. The first-order valence-corrected chi connectivity index (χ1v) is 7.94. The number of nitrogens with one attached hydrogen (secondary N) is 1. The average Bonchev–Trinajstić information content (AvgIpc) is 2.62. The lowest BCUT2D eigenvalue weighted by Crippen LogP contribution is -2.45. The van der Waals surface area contributed by atoms with Crippen molar-refractivity contribution >= 4 is 23.7 Å². The van der Waals surface area contributed by atoms with Crippen LogP contribution in [-0.4, -0.2) is 48.4 Å². The molecule has 1 N–H and O–H groups in total. The van der Waals surface area contributed by atoms with Crippen molar-refractivity contribution in [2.45, 2.75) is 6.92 Å². The van der Waals surface area contributed by atoms with Crippen molar-refractivity contribution < 1.29 is 9.59 Å². The van der Waals surface area contributed by atoms with Gasteiger partial charge in [0, 0.05) is 43.8 Å². The number of carbonyl (C=O) groups is 2. The Morgan fingerprint density at radius 3 is 2.67 bits per heavy atom. The van der Waals surface area contributed by atoms with Crippen molar-refractivity contribution in [3.8, 4) is 0 Å². The van der Waals surface area contributed by atoms with E-state index < -0.39 is 0 Å². The van der Waals surface area contributed by atoms with Gasteiger partial charge in [0.2, 0.25) is 6.41 Å². The zero-order valence-corrected chi connectivity index (χ0v) is 13.6. The lowest BCUT2D eigenvalue weighted by Gasteiger charge is -2.34. The molecule has 1 saturated heterocycles.